The first-order valence-corrected chi connectivity index (χ1v) is 9.18. The molecule has 2 heterocycles. The maximum atomic E-state index is 14.4. The largest absolute Gasteiger partial charge is 0.338 e. The van der Waals surface area contributed by atoms with Gasteiger partial charge in [-0.1, -0.05) is 23.5 Å². The lowest BCUT2D eigenvalue weighted by Crippen LogP contribution is -2.55. The number of halogens is 2. The van der Waals surface area contributed by atoms with Crippen molar-refractivity contribution < 1.29 is 8.78 Å². The Morgan fingerprint density at radius 3 is 2.78 bits per heavy atom. The van der Waals surface area contributed by atoms with Gasteiger partial charge in [0.15, 0.2) is 0 Å². The van der Waals surface area contributed by atoms with E-state index in [0.717, 1.165) is 5.56 Å². The Morgan fingerprint density at radius 2 is 2.07 bits per heavy atom. The summed E-state index contributed by atoms with van der Waals surface area (Å²) in [5, 5.41) is 18.7. The minimum atomic E-state index is -1.01. The van der Waals surface area contributed by atoms with Gasteiger partial charge in [0.25, 0.3) is 0 Å². The summed E-state index contributed by atoms with van der Waals surface area (Å²) in [7, 11) is 1.76. The fraction of sp³-hybridized carbons (Fsp3) is 0.263. The molecule has 3 aromatic rings. The number of benzene rings is 1. The van der Waals surface area contributed by atoms with E-state index in [0.29, 0.717) is 15.7 Å². The van der Waals surface area contributed by atoms with Crippen LogP contribution in [0.15, 0.2) is 42.6 Å². The Hall–Kier alpha value is -2.92. The summed E-state index contributed by atoms with van der Waals surface area (Å²) in [5.74, 6) is -0.456. The average molecular weight is 383 g/mol. The fourth-order valence-electron chi connectivity index (χ4n) is 3.40. The van der Waals surface area contributed by atoms with E-state index in [2.05, 4.69) is 21.3 Å². The molecule has 0 atom stereocenters. The van der Waals surface area contributed by atoms with E-state index in [9.17, 15) is 8.78 Å². The summed E-state index contributed by atoms with van der Waals surface area (Å²) in [5.41, 5.74) is 0.658. The summed E-state index contributed by atoms with van der Waals surface area (Å²) in [4.78, 5) is 5.95. The Bertz CT molecular complexity index is 1020. The van der Waals surface area contributed by atoms with Crippen molar-refractivity contribution in [3.05, 3.63) is 59.7 Å². The van der Waals surface area contributed by atoms with Crippen LogP contribution in [0.5, 0.6) is 0 Å². The van der Waals surface area contributed by atoms with Crippen molar-refractivity contribution in [2.75, 3.05) is 11.9 Å². The number of aromatic nitrogens is 3. The molecule has 1 aromatic carbocycles. The third-order valence-electron chi connectivity index (χ3n) is 4.90. The minimum absolute atomic E-state index is 0.149. The number of nitrogens with zero attached hydrogens (tertiary/aromatic N) is 5. The summed E-state index contributed by atoms with van der Waals surface area (Å²) in [6.45, 7) is 0. The highest BCUT2D eigenvalue weighted by atomic mass is 32.1. The molecule has 1 saturated carbocycles. The second kappa shape index (κ2) is 6.67. The molecule has 0 unspecified atom stereocenters. The molecule has 5 nitrogen and oxygen atoms in total. The maximum absolute atomic E-state index is 14.4. The second-order valence-electron chi connectivity index (χ2n) is 6.51. The van der Waals surface area contributed by atoms with Crippen LogP contribution >= 0.6 is 11.3 Å². The Balaban J connectivity index is 1.70. The molecule has 4 rings (SSSR count). The van der Waals surface area contributed by atoms with E-state index in [-0.39, 0.29) is 18.5 Å². The zero-order valence-corrected chi connectivity index (χ0v) is 15.2. The zero-order chi connectivity index (χ0) is 19.0. The van der Waals surface area contributed by atoms with Crippen LogP contribution in [-0.2, 0) is 5.54 Å². The van der Waals surface area contributed by atoms with Crippen LogP contribution in [0.2, 0.25) is 0 Å². The third kappa shape index (κ3) is 2.94. The van der Waals surface area contributed by atoms with Crippen molar-refractivity contribution >= 4 is 16.5 Å². The molecule has 8 heteroatoms. The predicted octanol–water partition coefficient (Wildman–Crippen LogP) is 4.07. The topological polar surface area (TPSA) is 65.7 Å². The third-order valence-corrected chi connectivity index (χ3v) is 5.95. The number of hydrogen-bond donors (Lipinski definition) is 0. The van der Waals surface area contributed by atoms with Crippen LogP contribution in [0.3, 0.4) is 0 Å². The van der Waals surface area contributed by atoms with Gasteiger partial charge in [0, 0.05) is 31.6 Å². The lowest BCUT2D eigenvalue weighted by Gasteiger charge is -2.49. The maximum Gasteiger partial charge on any atom is 0.209 e. The highest BCUT2D eigenvalue weighted by Gasteiger charge is 2.52. The van der Waals surface area contributed by atoms with E-state index in [4.69, 9.17) is 5.26 Å². The van der Waals surface area contributed by atoms with Gasteiger partial charge in [0.05, 0.1) is 17.2 Å². The van der Waals surface area contributed by atoms with Crippen LogP contribution < -0.4 is 4.90 Å². The van der Waals surface area contributed by atoms with Crippen LogP contribution in [0.4, 0.5) is 13.9 Å². The summed E-state index contributed by atoms with van der Waals surface area (Å²) < 4.78 is 28.2. The smallest absolute Gasteiger partial charge is 0.209 e. The lowest BCUT2D eigenvalue weighted by atomic mass is 9.71. The van der Waals surface area contributed by atoms with Crippen molar-refractivity contribution in [2.24, 2.45) is 0 Å². The number of pyridine rings is 1. The van der Waals surface area contributed by atoms with E-state index in [1.54, 1.807) is 30.1 Å². The van der Waals surface area contributed by atoms with Crippen LogP contribution in [-0.4, -0.2) is 28.4 Å². The molecular weight excluding hydrogens is 368 g/mol. The molecule has 1 aliphatic rings. The Kier molecular flexibility index (Phi) is 4.32. The molecule has 0 amide bonds. The van der Waals surface area contributed by atoms with Crippen LogP contribution in [0.1, 0.15) is 24.1 Å². The molecule has 1 aliphatic carbocycles. The number of alkyl halides is 1. The van der Waals surface area contributed by atoms with Crippen molar-refractivity contribution in [3.63, 3.8) is 0 Å². The van der Waals surface area contributed by atoms with Gasteiger partial charge in [-0.05, 0) is 24.3 Å². The van der Waals surface area contributed by atoms with Gasteiger partial charge in [-0.2, -0.15) is 5.26 Å². The van der Waals surface area contributed by atoms with Crippen molar-refractivity contribution in [2.45, 2.75) is 24.6 Å². The monoisotopic (exact) mass is 383 g/mol. The molecule has 0 spiro atoms. The van der Waals surface area contributed by atoms with Crippen LogP contribution in [0.25, 0.3) is 10.6 Å². The van der Waals surface area contributed by atoms with Crippen molar-refractivity contribution in [1.82, 2.24) is 15.2 Å². The molecular formula is C19H15F2N5S. The number of rotatable bonds is 4. The normalized spacial score (nSPS) is 21.3. The molecule has 27 heavy (non-hydrogen) atoms. The van der Waals surface area contributed by atoms with E-state index in [1.165, 1.54) is 29.7 Å². The predicted molar refractivity (Wildman–Crippen MR) is 98.5 cm³/mol. The lowest BCUT2D eigenvalue weighted by molar-refractivity contribution is 0.0870. The molecule has 0 aliphatic heterocycles. The SMILES string of the molecule is CN(c1nnc(-c2cccc(C#N)c2)s1)[C@]1(c2ncccc2F)C[C@@H](F)C1. The summed E-state index contributed by atoms with van der Waals surface area (Å²) in [6, 6.07) is 12.0. The average Bonchev–Trinajstić information content (AvgIpc) is 3.15. The van der Waals surface area contributed by atoms with Gasteiger partial charge in [-0.3, -0.25) is 4.98 Å². The van der Waals surface area contributed by atoms with Gasteiger partial charge in [-0.15, -0.1) is 10.2 Å². The first kappa shape index (κ1) is 17.5. The standard InChI is InChI=1S/C19H15F2N5S/c1-26(19(9-14(20)10-19)16-15(21)6-3-7-23-16)18-25-24-17(27-18)13-5-2-4-12(8-13)11-22/h2-8,14H,9-10H2,1H3/t14-,19-. The van der Waals surface area contributed by atoms with Gasteiger partial charge < -0.3 is 4.90 Å². The number of hydrogen-bond acceptors (Lipinski definition) is 6. The Labute approximate surface area is 158 Å². The van der Waals surface area contributed by atoms with E-state index < -0.39 is 17.5 Å². The summed E-state index contributed by atoms with van der Waals surface area (Å²) >= 11 is 1.31. The highest BCUT2D eigenvalue weighted by molar-refractivity contribution is 7.18. The van der Waals surface area contributed by atoms with E-state index >= 15 is 0 Å². The zero-order valence-electron chi connectivity index (χ0n) is 14.4. The number of nitriles is 1. The molecule has 0 radical (unpaired) electrons. The molecule has 2 aromatic heterocycles. The van der Waals surface area contributed by atoms with Gasteiger partial charge in [-0.25, -0.2) is 8.78 Å². The highest BCUT2D eigenvalue weighted by Crippen LogP contribution is 2.49. The number of anilines is 1. The minimum Gasteiger partial charge on any atom is -0.338 e. The van der Waals surface area contributed by atoms with E-state index in [1.807, 2.05) is 6.07 Å². The molecule has 0 N–H and O–H groups in total. The van der Waals surface area contributed by atoms with Crippen LogP contribution in [0, 0.1) is 17.1 Å². The molecule has 1 fully saturated rings. The molecule has 0 saturated heterocycles. The first-order valence-electron chi connectivity index (χ1n) is 8.36. The van der Waals surface area contributed by atoms with Gasteiger partial charge in [0.2, 0.25) is 5.13 Å². The Morgan fingerprint density at radius 1 is 1.26 bits per heavy atom. The molecule has 136 valence electrons. The summed E-state index contributed by atoms with van der Waals surface area (Å²) in [6.07, 6.45) is 0.805. The quantitative estimate of drug-likeness (QED) is 0.679. The fourth-order valence-corrected chi connectivity index (χ4v) is 4.29. The first-order chi connectivity index (χ1) is 13.0. The molecule has 0 bridgehead atoms. The van der Waals surface area contributed by atoms with Crippen molar-refractivity contribution in [1.29, 1.82) is 5.26 Å². The van der Waals surface area contributed by atoms with Gasteiger partial charge >= 0.3 is 0 Å². The van der Waals surface area contributed by atoms with Gasteiger partial charge in [0.1, 0.15) is 22.7 Å². The van der Waals surface area contributed by atoms with Crippen molar-refractivity contribution in [3.8, 4) is 16.6 Å². The second-order valence-corrected chi connectivity index (χ2v) is 7.47.